The molecule has 2 aliphatic heterocycles. The Balaban J connectivity index is 1.39. The highest BCUT2D eigenvalue weighted by molar-refractivity contribution is 6.09. The molecule has 1 N–H and O–H groups in total. The number of methoxy groups -OCH3 is 1. The van der Waals surface area contributed by atoms with Crippen molar-refractivity contribution >= 4 is 17.5 Å². The Labute approximate surface area is 189 Å². The molecule has 0 aliphatic carbocycles. The van der Waals surface area contributed by atoms with Crippen molar-refractivity contribution in [3.8, 4) is 5.75 Å². The second kappa shape index (κ2) is 10.1. The van der Waals surface area contributed by atoms with Crippen LogP contribution in [0.25, 0.3) is 0 Å². The number of ether oxygens (including phenoxy) is 1. The van der Waals surface area contributed by atoms with Crippen LogP contribution >= 0.6 is 0 Å². The Morgan fingerprint density at radius 2 is 1.69 bits per heavy atom. The molecule has 0 saturated carbocycles. The maximum atomic E-state index is 13.3. The minimum Gasteiger partial charge on any atom is -0.497 e. The molecule has 0 radical (unpaired) electrons. The first kappa shape index (κ1) is 22.3. The van der Waals surface area contributed by atoms with Gasteiger partial charge in [0.1, 0.15) is 5.75 Å². The minimum absolute atomic E-state index is 0.0314. The van der Waals surface area contributed by atoms with Gasteiger partial charge in [-0.3, -0.25) is 14.5 Å². The van der Waals surface area contributed by atoms with E-state index in [1.165, 1.54) is 19.4 Å². The van der Waals surface area contributed by atoms with Crippen LogP contribution in [0.4, 0.5) is 5.69 Å². The zero-order valence-corrected chi connectivity index (χ0v) is 18.9. The normalized spacial score (nSPS) is 20.1. The van der Waals surface area contributed by atoms with Gasteiger partial charge in [-0.05, 0) is 62.8 Å². The highest BCUT2D eigenvalue weighted by Gasteiger charge is 2.29. The smallest absolute Gasteiger partial charge is 0.256 e. The van der Waals surface area contributed by atoms with E-state index >= 15 is 0 Å². The molecule has 2 amide bonds. The van der Waals surface area contributed by atoms with Crippen molar-refractivity contribution in [1.82, 2.24) is 14.7 Å². The molecule has 32 heavy (non-hydrogen) atoms. The van der Waals surface area contributed by atoms with E-state index in [1.807, 2.05) is 17.0 Å². The number of carbonyl (C=O) groups is 2. The predicted molar refractivity (Wildman–Crippen MR) is 125 cm³/mol. The van der Waals surface area contributed by atoms with Gasteiger partial charge >= 0.3 is 0 Å². The largest absolute Gasteiger partial charge is 0.497 e. The van der Waals surface area contributed by atoms with Crippen molar-refractivity contribution < 1.29 is 14.3 Å². The SMILES string of the molecule is COc1ccc(C(=O)Nc2ccccc2C(=O)N2CCN(C3CCCN(C)C3)CC2)cc1. The lowest BCUT2D eigenvalue weighted by Crippen LogP contribution is -2.55. The van der Waals surface area contributed by atoms with Crippen LogP contribution in [0.1, 0.15) is 33.6 Å². The maximum absolute atomic E-state index is 13.3. The van der Waals surface area contributed by atoms with Gasteiger partial charge in [-0.2, -0.15) is 0 Å². The lowest BCUT2D eigenvalue weighted by Gasteiger charge is -2.42. The predicted octanol–water partition coefficient (Wildman–Crippen LogP) is 2.80. The van der Waals surface area contributed by atoms with Gasteiger partial charge in [0.15, 0.2) is 0 Å². The zero-order valence-electron chi connectivity index (χ0n) is 18.9. The Morgan fingerprint density at radius 3 is 2.38 bits per heavy atom. The summed E-state index contributed by atoms with van der Waals surface area (Å²) in [7, 11) is 3.77. The molecule has 2 aromatic carbocycles. The molecule has 2 fully saturated rings. The summed E-state index contributed by atoms with van der Waals surface area (Å²) in [6.07, 6.45) is 2.47. The molecule has 0 aromatic heterocycles. The van der Waals surface area contributed by atoms with Gasteiger partial charge in [0, 0.05) is 44.3 Å². The number of anilines is 1. The number of hydrogen-bond donors (Lipinski definition) is 1. The van der Waals surface area contributed by atoms with Crippen LogP contribution in [0.5, 0.6) is 5.75 Å². The number of rotatable bonds is 5. The van der Waals surface area contributed by atoms with Gasteiger partial charge in [-0.25, -0.2) is 0 Å². The fraction of sp³-hybridized carbons (Fsp3) is 0.440. The number of benzene rings is 2. The van der Waals surface area contributed by atoms with Crippen molar-refractivity contribution in [2.75, 3.05) is 58.7 Å². The number of carbonyl (C=O) groups excluding carboxylic acids is 2. The molecule has 2 heterocycles. The Kier molecular flexibility index (Phi) is 7.07. The quantitative estimate of drug-likeness (QED) is 0.781. The summed E-state index contributed by atoms with van der Waals surface area (Å²) in [6.45, 7) is 5.48. The molecule has 7 heteroatoms. The molecule has 2 aromatic rings. The summed E-state index contributed by atoms with van der Waals surface area (Å²) in [5, 5.41) is 2.91. The summed E-state index contributed by atoms with van der Waals surface area (Å²) in [5.41, 5.74) is 1.58. The van der Waals surface area contributed by atoms with E-state index in [2.05, 4.69) is 22.2 Å². The topological polar surface area (TPSA) is 65.1 Å². The maximum Gasteiger partial charge on any atom is 0.256 e. The molecule has 2 aliphatic rings. The van der Waals surface area contributed by atoms with Crippen molar-refractivity contribution in [3.05, 3.63) is 59.7 Å². The molecular weight excluding hydrogens is 404 g/mol. The number of likely N-dealkylation sites (tertiary alicyclic amines) is 1. The van der Waals surface area contributed by atoms with E-state index in [9.17, 15) is 9.59 Å². The van der Waals surface area contributed by atoms with Gasteiger partial charge in [0.05, 0.1) is 18.4 Å². The molecule has 0 spiro atoms. The van der Waals surface area contributed by atoms with Crippen LogP contribution in [-0.4, -0.2) is 86.0 Å². The number of piperidine rings is 1. The van der Waals surface area contributed by atoms with Crippen molar-refractivity contribution in [1.29, 1.82) is 0 Å². The molecular formula is C25H32N4O3. The summed E-state index contributed by atoms with van der Waals surface area (Å²) in [4.78, 5) is 32.8. The van der Waals surface area contributed by atoms with Crippen LogP contribution < -0.4 is 10.1 Å². The van der Waals surface area contributed by atoms with Crippen molar-refractivity contribution in [2.45, 2.75) is 18.9 Å². The summed E-state index contributed by atoms with van der Waals surface area (Å²) in [6, 6.07) is 14.7. The lowest BCUT2D eigenvalue weighted by molar-refractivity contribution is 0.0453. The van der Waals surface area contributed by atoms with Gasteiger partial charge in [0.2, 0.25) is 0 Å². The van der Waals surface area contributed by atoms with E-state index in [0.29, 0.717) is 41.7 Å². The van der Waals surface area contributed by atoms with Crippen LogP contribution in [0, 0.1) is 0 Å². The number of likely N-dealkylation sites (N-methyl/N-ethyl adjacent to an activating group) is 1. The Hall–Kier alpha value is -2.90. The summed E-state index contributed by atoms with van der Waals surface area (Å²) >= 11 is 0. The second-order valence-corrected chi connectivity index (χ2v) is 8.61. The Morgan fingerprint density at radius 1 is 0.969 bits per heavy atom. The zero-order chi connectivity index (χ0) is 22.5. The molecule has 1 atom stereocenters. The number of hydrogen-bond acceptors (Lipinski definition) is 5. The van der Waals surface area contributed by atoms with E-state index < -0.39 is 0 Å². The number of nitrogens with one attached hydrogen (secondary N) is 1. The third-order valence-electron chi connectivity index (χ3n) is 6.48. The molecule has 1 unspecified atom stereocenters. The number of piperazine rings is 1. The molecule has 4 rings (SSSR count). The lowest BCUT2D eigenvalue weighted by atomic mass is 10.0. The van der Waals surface area contributed by atoms with Gasteiger partial charge in [0.25, 0.3) is 11.8 Å². The van der Waals surface area contributed by atoms with E-state index in [1.54, 1.807) is 43.5 Å². The summed E-state index contributed by atoms with van der Waals surface area (Å²) in [5.74, 6) is 0.409. The fourth-order valence-electron chi connectivity index (χ4n) is 4.61. The monoisotopic (exact) mass is 436 g/mol. The highest BCUT2D eigenvalue weighted by Crippen LogP contribution is 2.22. The minimum atomic E-state index is -0.251. The third kappa shape index (κ3) is 5.11. The summed E-state index contributed by atoms with van der Waals surface area (Å²) < 4.78 is 5.15. The molecule has 7 nitrogen and oxygen atoms in total. The number of para-hydroxylation sites is 1. The average molecular weight is 437 g/mol. The first-order chi connectivity index (χ1) is 15.5. The molecule has 0 bridgehead atoms. The van der Waals surface area contributed by atoms with E-state index in [0.717, 1.165) is 19.6 Å². The highest BCUT2D eigenvalue weighted by atomic mass is 16.5. The van der Waals surface area contributed by atoms with E-state index in [-0.39, 0.29) is 11.8 Å². The number of amides is 2. The molecule has 170 valence electrons. The van der Waals surface area contributed by atoms with Crippen molar-refractivity contribution in [2.24, 2.45) is 0 Å². The fourth-order valence-corrected chi connectivity index (χ4v) is 4.61. The van der Waals surface area contributed by atoms with Gasteiger partial charge in [-0.1, -0.05) is 12.1 Å². The van der Waals surface area contributed by atoms with E-state index in [4.69, 9.17) is 4.74 Å². The van der Waals surface area contributed by atoms with Crippen LogP contribution in [0.3, 0.4) is 0 Å². The first-order valence-corrected chi connectivity index (χ1v) is 11.3. The average Bonchev–Trinajstić information content (AvgIpc) is 2.84. The second-order valence-electron chi connectivity index (χ2n) is 8.61. The molecule has 2 saturated heterocycles. The number of nitrogens with zero attached hydrogens (tertiary/aromatic N) is 3. The van der Waals surface area contributed by atoms with Crippen LogP contribution in [0.2, 0.25) is 0 Å². The third-order valence-corrected chi connectivity index (χ3v) is 6.48. The van der Waals surface area contributed by atoms with Gasteiger partial charge < -0.3 is 19.9 Å². The standard InChI is InChI=1S/C25H32N4O3/c1-27-13-5-6-20(18-27)28-14-16-29(17-15-28)25(31)22-7-3-4-8-23(22)26-24(30)19-9-11-21(32-2)12-10-19/h3-4,7-12,20H,5-6,13-18H2,1-2H3,(H,26,30). The first-order valence-electron chi connectivity index (χ1n) is 11.3. The Bertz CT molecular complexity index is 938. The van der Waals surface area contributed by atoms with Crippen LogP contribution in [-0.2, 0) is 0 Å². The van der Waals surface area contributed by atoms with Crippen molar-refractivity contribution in [3.63, 3.8) is 0 Å². The van der Waals surface area contributed by atoms with Gasteiger partial charge in [-0.15, -0.1) is 0 Å². The van der Waals surface area contributed by atoms with Crippen LogP contribution in [0.15, 0.2) is 48.5 Å².